The van der Waals surface area contributed by atoms with Crippen molar-refractivity contribution in [3.63, 3.8) is 0 Å². The van der Waals surface area contributed by atoms with Gasteiger partial charge in [0.05, 0.1) is 0 Å². The lowest BCUT2D eigenvalue weighted by Gasteiger charge is -2.34. The summed E-state index contributed by atoms with van der Waals surface area (Å²) in [6.45, 7) is 1.98. The van der Waals surface area contributed by atoms with Crippen molar-refractivity contribution >= 4 is 28.9 Å². The van der Waals surface area contributed by atoms with Gasteiger partial charge >= 0.3 is 0 Å². The van der Waals surface area contributed by atoms with Crippen LogP contribution < -0.4 is 5.73 Å². The van der Waals surface area contributed by atoms with Gasteiger partial charge in [0, 0.05) is 30.2 Å². The highest BCUT2D eigenvalue weighted by atomic mass is 35.5. The van der Waals surface area contributed by atoms with Crippen LogP contribution in [0.15, 0.2) is 36.5 Å². The molecule has 0 spiro atoms. The Kier molecular flexibility index (Phi) is 6.68. The lowest BCUT2D eigenvalue weighted by atomic mass is 9.93. The van der Waals surface area contributed by atoms with Gasteiger partial charge in [0.25, 0.3) is 0 Å². The number of nitrogen functional groups attached to an aromatic ring is 1. The molecule has 2 aromatic rings. The van der Waals surface area contributed by atoms with E-state index in [2.05, 4.69) is 40.2 Å². The number of benzene rings is 1. The molecule has 3 nitrogen and oxygen atoms in total. The Balaban J connectivity index is 0.00000176. The molecule has 22 heavy (non-hydrogen) atoms. The average molecular weight is 338 g/mol. The normalized spacial score (nSPS) is 15.7. The molecule has 0 saturated heterocycles. The van der Waals surface area contributed by atoms with E-state index in [1.165, 1.54) is 42.5 Å². The Morgan fingerprint density at radius 1 is 1.09 bits per heavy atom. The SMILES string of the molecule is Cl.Nc1ncc(CN(Cc2ccccc2)C2CCCCC2)s1. The molecule has 1 aliphatic rings. The molecular weight excluding hydrogens is 314 g/mol. The van der Waals surface area contributed by atoms with Crippen LogP contribution in [0.2, 0.25) is 0 Å². The molecule has 3 rings (SSSR count). The molecule has 0 radical (unpaired) electrons. The summed E-state index contributed by atoms with van der Waals surface area (Å²) in [5.41, 5.74) is 7.16. The summed E-state index contributed by atoms with van der Waals surface area (Å²) in [5, 5.41) is 0.674. The molecule has 1 fully saturated rings. The second-order valence-electron chi connectivity index (χ2n) is 5.85. The summed E-state index contributed by atoms with van der Waals surface area (Å²) in [7, 11) is 0. The molecule has 1 aromatic carbocycles. The van der Waals surface area contributed by atoms with Crippen LogP contribution in [0, 0.1) is 0 Å². The fourth-order valence-corrected chi connectivity index (χ4v) is 3.88. The van der Waals surface area contributed by atoms with Gasteiger partial charge in [-0.25, -0.2) is 4.98 Å². The third-order valence-corrected chi connectivity index (χ3v) is 5.06. The topological polar surface area (TPSA) is 42.1 Å². The van der Waals surface area contributed by atoms with E-state index in [1.807, 2.05) is 6.20 Å². The van der Waals surface area contributed by atoms with Gasteiger partial charge in [-0.2, -0.15) is 0 Å². The van der Waals surface area contributed by atoms with Crippen LogP contribution in [0.25, 0.3) is 0 Å². The number of aromatic nitrogens is 1. The van der Waals surface area contributed by atoms with Crippen molar-refractivity contribution in [2.45, 2.75) is 51.2 Å². The van der Waals surface area contributed by atoms with Gasteiger partial charge in [0.15, 0.2) is 5.13 Å². The first-order valence-electron chi connectivity index (χ1n) is 7.79. The summed E-state index contributed by atoms with van der Waals surface area (Å²) >= 11 is 1.62. The summed E-state index contributed by atoms with van der Waals surface area (Å²) in [4.78, 5) is 8.08. The number of anilines is 1. The number of nitrogens with zero attached hydrogens (tertiary/aromatic N) is 2. The second-order valence-corrected chi connectivity index (χ2v) is 6.99. The first-order valence-corrected chi connectivity index (χ1v) is 8.61. The summed E-state index contributed by atoms with van der Waals surface area (Å²) < 4.78 is 0. The van der Waals surface area contributed by atoms with E-state index in [9.17, 15) is 0 Å². The van der Waals surface area contributed by atoms with Crippen LogP contribution in [0.5, 0.6) is 0 Å². The van der Waals surface area contributed by atoms with E-state index < -0.39 is 0 Å². The highest BCUT2D eigenvalue weighted by molar-refractivity contribution is 7.15. The van der Waals surface area contributed by atoms with Crippen LogP contribution in [0.4, 0.5) is 5.13 Å². The highest BCUT2D eigenvalue weighted by Gasteiger charge is 2.22. The Labute approximate surface area is 143 Å². The lowest BCUT2D eigenvalue weighted by Crippen LogP contribution is -2.35. The van der Waals surface area contributed by atoms with Crippen molar-refractivity contribution in [1.29, 1.82) is 0 Å². The van der Waals surface area contributed by atoms with Gasteiger partial charge in [-0.15, -0.1) is 23.7 Å². The molecule has 0 amide bonds. The molecule has 2 N–H and O–H groups in total. The smallest absolute Gasteiger partial charge is 0.180 e. The van der Waals surface area contributed by atoms with E-state index in [-0.39, 0.29) is 12.4 Å². The van der Waals surface area contributed by atoms with Gasteiger partial charge in [0.1, 0.15) is 0 Å². The second kappa shape index (κ2) is 8.51. The van der Waals surface area contributed by atoms with Crippen LogP contribution in [0.1, 0.15) is 42.5 Å². The zero-order valence-corrected chi connectivity index (χ0v) is 14.4. The third kappa shape index (κ3) is 4.70. The van der Waals surface area contributed by atoms with Crippen molar-refractivity contribution in [1.82, 2.24) is 9.88 Å². The van der Waals surface area contributed by atoms with Crippen LogP contribution >= 0.6 is 23.7 Å². The van der Waals surface area contributed by atoms with Gasteiger partial charge in [0.2, 0.25) is 0 Å². The van der Waals surface area contributed by atoms with Gasteiger partial charge in [-0.3, -0.25) is 4.90 Å². The fraction of sp³-hybridized carbons (Fsp3) is 0.471. The summed E-state index contributed by atoms with van der Waals surface area (Å²) in [6.07, 6.45) is 8.69. The van der Waals surface area contributed by atoms with Crippen molar-refractivity contribution in [3.8, 4) is 0 Å². The maximum atomic E-state index is 5.77. The molecule has 0 aliphatic heterocycles. The predicted molar refractivity (Wildman–Crippen MR) is 96.3 cm³/mol. The highest BCUT2D eigenvalue weighted by Crippen LogP contribution is 2.27. The van der Waals surface area contributed by atoms with Crippen molar-refractivity contribution in [3.05, 3.63) is 47.0 Å². The molecular formula is C17H24ClN3S. The summed E-state index contributed by atoms with van der Waals surface area (Å²) in [6, 6.07) is 11.5. The Morgan fingerprint density at radius 3 is 2.45 bits per heavy atom. The van der Waals surface area contributed by atoms with Crippen molar-refractivity contribution < 1.29 is 0 Å². The van der Waals surface area contributed by atoms with Crippen LogP contribution in [0.3, 0.4) is 0 Å². The van der Waals surface area contributed by atoms with Crippen LogP contribution in [-0.2, 0) is 13.1 Å². The maximum absolute atomic E-state index is 5.77. The van der Waals surface area contributed by atoms with E-state index in [1.54, 1.807) is 11.3 Å². The number of rotatable bonds is 5. The zero-order chi connectivity index (χ0) is 14.5. The maximum Gasteiger partial charge on any atom is 0.180 e. The number of hydrogen-bond donors (Lipinski definition) is 1. The van der Waals surface area contributed by atoms with Crippen molar-refractivity contribution in [2.24, 2.45) is 0 Å². The molecule has 1 heterocycles. The predicted octanol–water partition coefficient (Wildman–Crippen LogP) is 4.48. The standard InChI is InChI=1S/C17H23N3S.ClH/c18-17-19-11-16(21-17)13-20(15-9-5-2-6-10-15)12-14-7-3-1-4-8-14;/h1,3-4,7-8,11,15H,2,5-6,9-10,12-13H2,(H2,18,19);1H. The Hall–Kier alpha value is -1.10. The van der Waals surface area contributed by atoms with Gasteiger partial charge < -0.3 is 5.73 Å². The number of halogens is 1. The molecule has 1 saturated carbocycles. The van der Waals surface area contributed by atoms with Crippen LogP contribution in [-0.4, -0.2) is 15.9 Å². The fourth-order valence-electron chi connectivity index (χ4n) is 3.17. The zero-order valence-electron chi connectivity index (χ0n) is 12.8. The Morgan fingerprint density at radius 2 is 1.82 bits per heavy atom. The average Bonchev–Trinajstić information content (AvgIpc) is 2.94. The van der Waals surface area contributed by atoms with E-state index in [0.717, 1.165) is 13.1 Å². The van der Waals surface area contributed by atoms with Crippen molar-refractivity contribution in [2.75, 3.05) is 5.73 Å². The number of thiazole rings is 1. The lowest BCUT2D eigenvalue weighted by molar-refractivity contribution is 0.141. The van der Waals surface area contributed by atoms with Gasteiger partial charge in [-0.05, 0) is 18.4 Å². The van der Waals surface area contributed by atoms with Gasteiger partial charge in [-0.1, -0.05) is 49.6 Å². The molecule has 120 valence electrons. The minimum atomic E-state index is 0. The van der Waals surface area contributed by atoms with E-state index in [0.29, 0.717) is 11.2 Å². The number of nitrogens with two attached hydrogens (primary N) is 1. The first kappa shape index (κ1) is 17.3. The molecule has 0 atom stereocenters. The summed E-state index contributed by atoms with van der Waals surface area (Å²) in [5.74, 6) is 0. The number of hydrogen-bond acceptors (Lipinski definition) is 4. The minimum absolute atomic E-state index is 0. The molecule has 5 heteroatoms. The molecule has 1 aromatic heterocycles. The quantitative estimate of drug-likeness (QED) is 0.874. The van der Waals surface area contributed by atoms with E-state index >= 15 is 0 Å². The third-order valence-electron chi connectivity index (χ3n) is 4.25. The largest absolute Gasteiger partial charge is 0.375 e. The molecule has 0 bridgehead atoms. The Bertz CT molecular complexity index is 552. The van der Waals surface area contributed by atoms with E-state index in [4.69, 9.17) is 5.73 Å². The molecule has 1 aliphatic carbocycles. The monoisotopic (exact) mass is 337 g/mol. The first-order chi connectivity index (χ1) is 10.3. The minimum Gasteiger partial charge on any atom is -0.375 e. The molecule has 0 unspecified atom stereocenters.